The first-order valence-corrected chi connectivity index (χ1v) is 7.33. The standard InChI is InChI=1S/C17H13ClF2N2O/c1-9(21)14-8-10-4-2-5-11(18)15(10)17(23)22(14)13-7-3-6-12(19)16(13)20/h2-9H,21H2,1H3. The number of nitrogens with zero attached hydrogens (tertiary/aromatic N) is 1. The third-order valence-corrected chi connectivity index (χ3v) is 3.98. The minimum absolute atomic E-state index is 0.191. The molecule has 118 valence electrons. The number of rotatable bonds is 2. The molecule has 0 fully saturated rings. The average Bonchev–Trinajstić information content (AvgIpc) is 2.50. The van der Waals surface area contributed by atoms with E-state index in [0.717, 1.165) is 10.6 Å². The van der Waals surface area contributed by atoms with Gasteiger partial charge in [0, 0.05) is 11.7 Å². The summed E-state index contributed by atoms with van der Waals surface area (Å²) < 4.78 is 28.9. The zero-order chi connectivity index (χ0) is 16.7. The topological polar surface area (TPSA) is 48.0 Å². The maximum Gasteiger partial charge on any atom is 0.264 e. The molecule has 6 heteroatoms. The maximum atomic E-state index is 14.2. The van der Waals surface area contributed by atoms with Gasteiger partial charge in [-0.05, 0) is 36.6 Å². The Labute approximate surface area is 135 Å². The van der Waals surface area contributed by atoms with Crippen molar-refractivity contribution < 1.29 is 8.78 Å². The van der Waals surface area contributed by atoms with Crippen molar-refractivity contribution in [2.75, 3.05) is 0 Å². The molecule has 3 rings (SSSR count). The first-order valence-electron chi connectivity index (χ1n) is 6.96. The first kappa shape index (κ1) is 15.6. The molecule has 1 unspecified atom stereocenters. The number of fused-ring (bicyclic) bond motifs is 1. The lowest BCUT2D eigenvalue weighted by Gasteiger charge is -2.18. The monoisotopic (exact) mass is 334 g/mol. The molecular formula is C17H13ClF2N2O. The molecule has 3 nitrogen and oxygen atoms in total. The van der Waals surface area contributed by atoms with Gasteiger partial charge in [-0.3, -0.25) is 9.36 Å². The highest BCUT2D eigenvalue weighted by Gasteiger charge is 2.19. The van der Waals surface area contributed by atoms with Crippen LogP contribution in [-0.4, -0.2) is 4.57 Å². The van der Waals surface area contributed by atoms with Gasteiger partial charge in [-0.25, -0.2) is 8.78 Å². The third kappa shape index (κ3) is 2.52. The largest absolute Gasteiger partial charge is 0.323 e. The van der Waals surface area contributed by atoms with Crippen molar-refractivity contribution in [2.45, 2.75) is 13.0 Å². The Hall–Kier alpha value is -2.24. The zero-order valence-electron chi connectivity index (χ0n) is 12.2. The van der Waals surface area contributed by atoms with Gasteiger partial charge >= 0.3 is 0 Å². The summed E-state index contributed by atoms with van der Waals surface area (Å²) in [6.45, 7) is 1.67. The van der Waals surface area contributed by atoms with E-state index in [2.05, 4.69) is 0 Å². The number of nitrogens with two attached hydrogens (primary N) is 1. The summed E-state index contributed by atoms with van der Waals surface area (Å²) in [6, 6.07) is 9.76. The summed E-state index contributed by atoms with van der Waals surface area (Å²) in [5.41, 5.74) is 5.57. The molecule has 3 aromatic rings. The van der Waals surface area contributed by atoms with Crippen LogP contribution < -0.4 is 11.3 Å². The van der Waals surface area contributed by atoms with Crippen molar-refractivity contribution in [3.8, 4) is 5.69 Å². The molecule has 1 atom stereocenters. The first-order chi connectivity index (χ1) is 10.9. The van der Waals surface area contributed by atoms with Gasteiger partial charge in [-0.2, -0.15) is 0 Å². The normalized spacial score (nSPS) is 12.6. The summed E-state index contributed by atoms with van der Waals surface area (Å²) in [7, 11) is 0. The second kappa shape index (κ2) is 5.76. The smallest absolute Gasteiger partial charge is 0.264 e. The van der Waals surface area contributed by atoms with E-state index in [1.54, 1.807) is 31.2 Å². The molecule has 2 N–H and O–H groups in total. The van der Waals surface area contributed by atoms with Crippen LogP contribution in [0.25, 0.3) is 16.5 Å². The van der Waals surface area contributed by atoms with Crippen molar-refractivity contribution in [3.63, 3.8) is 0 Å². The van der Waals surface area contributed by atoms with Gasteiger partial charge in [-0.1, -0.05) is 29.8 Å². The summed E-state index contributed by atoms with van der Waals surface area (Å²) in [5.74, 6) is -2.15. The predicted octanol–water partition coefficient (Wildman–Crippen LogP) is 3.94. The molecule has 0 spiro atoms. The van der Waals surface area contributed by atoms with Crippen LogP contribution in [0, 0.1) is 11.6 Å². The highest BCUT2D eigenvalue weighted by Crippen LogP contribution is 2.26. The molecule has 0 bridgehead atoms. The number of benzene rings is 2. The average molecular weight is 335 g/mol. The highest BCUT2D eigenvalue weighted by molar-refractivity contribution is 6.35. The number of aromatic nitrogens is 1. The van der Waals surface area contributed by atoms with E-state index in [-0.39, 0.29) is 16.1 Å². The van der Waals surface area contributed by atoms with Crippen molar-refractivity contribution in [2.24, 2.45) is 5.73 Å². The van der Waals surface area contributed by atoms with Crippen LogP contribution in [-0.2, 0) is 0 Å². The lowest BCUT2D eigenvalue weighted by molar-refractivity contribution is 0.502. The molecule has 2 aromatic carbocycles. The van der Waals surface area contributed by atoms with Crippen LogP contribution in [0.5, 0.6) is 0 Å². The Bertz CT molecular complexity index is 967. The summed E-state index contributed by atoms with van der Waals surface area (Å²) in [4.78, 5) is 12.9. The zero-order valence-corrected chi connectivity index (χ0v) is 12.9. The van der Waals surface area contributed by atoms with E-state index in [4.69, 9.17) is 17.3 Å². The van der Waals surface area contributed by atoms with Crippen LogP contribution in [0.3, 0.4) is 0 Å². The lowest BCUT2D eigenvalue weighted by atomic mass is 10.1. The van der Waals surface area contributed by atoms with Crippen molar-refractivity contribution in [3.05, 3.63) is 75.2 Å². The Kier molecular flexibility index (Phi) is 3.92. The second-order valence-corrected chi connectivity index (χ2v) is 5.68. The predicted molar refractivity (Wildman–Crippen MR) is 87.1 cm³/mol. The fourth-order valence-corrected chi connectivity index (χ4v) is 2.85. The number of hydrogen-bond donors (Lipinski definition) is 1. The third-order valence-electron chi connectivity index (χ3n) is 3.66. The van der Waals surface area contributed by atoms with E-state index < -0.39 is 23.2 Å². The van der Waals surface area contributed by atoms with Crippen molar-refractivity contribution >= 4 is 22.4 Å². The van der Waals surface area contributed by atoms with Crippen LogP contribution in [0.2, 0.25) is 5.02 Å². The molecule has 0 saturated carbocycles. The van der Waals surface area contributed by atoms with E-state index in [0.29, 0.717) is 11.1 Å². The van der Waals surface area contributed by atoms with Gasteiger partial charge in [0.25, 0.3) is 5.56 Å². The molecule has 0 aliphatic carbocycles. The summed E-state index contributed by atoms with van der Waals surface area (Å²) >= 11 is 6.11. The summed E-state index contributed by atoms with van der Waals surface area (Å²) in [5, 5.41) is 1.08. The van der Waals surface area contributed by atoms with Gasteiger partial charge in [-0.15, -0.1) is 0 Å². The molecule has 0 aliphatic rings. The van der Waals surface area contributed by atoms with Gasteiger partial charge in [0.2, 0.25) is 0 Å². The van der Waals surface area contributed by atoms with Gasteiger partial charge in [0.05, 0.1) is 16.1 Å². The van der Waals surface area contributed by atoms with E-state index >= 15 is 0 Å². The quantitative estimate of drug-likeness (QED) is 0.771. The van der Waals surface area contributed by atoms with E-state index in [1.807, 2.05) is 0 Å². The molecule has 23 heavy (non-hydrogen) atoms. The van der Waals surface area contributed by atoms with Crippen molar-refractivity contribution in [1.82, 2.24) is 4.57 Å². The lowest BCUT2D eigenvalue weighted by Crippen LogP contribution is -2.26. The Morgan fingerprint density at radius 2 is 1.87 bits per heavy atom. The molecular weight excluding hydrogens is 322 g/mol. The van der Waals surface area contributed by atoms with E-state index in [9.17, 15) is 13.6 Å². The van der Waals surface area contributed by atoms with E-state index in [1.165, 1.54) is 12.1 Å². The Morgan fingerprint density at radius 3 is 2.57 bits per heavy atom. The van der Waals surface area contributed by atoms with Crippen LogP contribution in [0.1, 0.15) is 18.7 Å². The number of halogens is 3. The number of hydrogen-bond acceptors (Lipinski definition) is 2. The van der Waals surface area contributed by atoms with Crippen LogP contribution in [0.4, 0.5) is 8.78 Å². The fourth-order valence-electron chi connectivity index (χ4n) is 2.59. The van der Waals surface area contributed by atoms with Gasteiger partial charge < -0.3 is 5.73 Å². The minimum Gasteiger partial charge on any atom is -0.323 e. The fraction of sp³-hybridized carbons (Fsp3) is 0.118. The number of pyridine rings is 1. The molecule has 0 aliphatic heterocycles. The minimum atomic E-state index is -1.11. The highest BCUT2D eigenvalue weighted by atomic mass is 35.5. The molecule has 1 heterocycles. The molecule has 0 saturated heterocycles. The molecule has 0 radical (unpaired) electrons. The molecule has 0 amide bonds. The second-order valence-electron chi connectivity index (χ2n) is 5.28. The Balaban J connectivity index is 2.51. The maximum absolute atomic E-state index is 14.2. The van der Waals surface area contributed by atoms with Crippen molar-refractivity contribution in [1.29, 1.82) is 0 Å². The van der Waals surface area contributed by atoms with Crippen LogP contribution in [0.15, 0.2) is 47.3 Å². The molecule has 1 aromatic heterocycles. The van der Waals surface area contributed by atoms with Gasteiger partial charge in [0.1, 0.15) is 0 Å². The van der Waals surface area contributed by atoms with Gasteiger partial charge in [0.15, 0.2) is 11.6 Å². The SMILES string of the molecule is CC(N)c1cc2cccc(Cl)c2c(=O)n1-c1cccc(F)c1F. The Morgan fingerprint density at radius 1 is 1.17 bits per heavy atom. The summed E-state index contributed by atoms with van der Waals surface area (Å²) in [6.07, 6.45) is 0. The van der Waals surface area contributed by atoms with Crippen LogP contribution >= 0.6 is 11.6 Å².